The first-order valence-electron chi connectivity index (χ1n) is 12.6. The Labute approximate surface area is 200 Å². The summed E-state index contributed by atoms with van der Waals surface area (Å²) in [7, 11) is 0. The van der Waals surface area contributed by atoms with Gasteiger partial charge in [0, 0.05) is 18.2 Å². The summed E-state index contributed by atoms with van der Waals surface area (Å²) in [5, 5.41) is 0.0561. The normalized spacial score (nSPS) is 12.8. The van der Waals surface area contributed by atoms with Crippen molar-refractivity contribution in [2.45, 2.75) is 103 Å². The van der Waals surface area contributed by atoms with Gasteiger partial charge in [-0.25, -0.2) is 13.8 Å². The lowest BCUT2D eigenvalue weighted by atomic mass is 10.0. The van der Waals surface area contributed by atoms with E-state index >= 15 is 0 Å². The van der Waals surface area contributed by atoms with Gasteiger partial charge in [0.25, 0.3) is 5.56 Å². The molecule has 0 radical (unpaired) electrons. The zero-order valence-corrected chi connectivity index (χ0v) is 20.6. The summed E-state index contributed by atoms with van der Waals surface area (Å²) in [6, 6.07) is 2.10. The molecule has 0 bridgehead atoms. The molecule has 7 heteroatoms. The highest BCUT2D eigenvalue weighted by Crippen LogP contribution is 2.33. The molecule has 33 heavy (non-hydrogen) atoms. The van der Waals surface area contributed by atoms with E-state index in [9.17, 15) is 13.6 Å². The van der Waals surface area contributed by atoms with Gasteiger partial charge in [0.05, 0.1) is 11.0 Å². The Morgan fingerprint density at radius 2 is 1.45 bits per heavy atom. The van der Waals surface area contributed by atoms with E-state index in [4.69, 9.17) is 11.6 Å². The number of aromatic amines is 1. The summed E-state index contributed by atoms with van der Waals surface area (Å²) >= 11 is 6.40. The number of rotatable bonds is 14. The molecule has 2 heterocycles. The molecule has 1 aromatic carbocycles. The van der Waals surface area contributed by atoms with Gasteiger partial charge in [0.2, 0.25) is 0 Å². The van der Waals surface area contributed by atoms with Crippen LogP contribution in [0.1, 0.15) is 103 Å². The molecule has 0 aliphatic carbocycles. The average molecular weight is 480 g/mol. The maximum absolute atomic E-state index is 13.8. The molecule has 2 aliphatic heterocycles. The van der Waals surface area contributed by atoms with Crippen molar-refractivity contribution in [1.82, 2.24) is 14.5 Å². The lowest BCUT2D eigenvalue weighted by molar-refractivity contribution is 0.392. The summed E-state index contributed by atoms with van der Waals surface area (Å²) in [4.78, 5) is 20.7. The van der Waals surface area contributed by atoms with Gasteiger partial charge < -0.3 is 4.98 Å². The van der Waals surface area contributed by atoms with E-state index in [1.54, 1.807) is 4.57 Å². The second kappa shape index (κ2) is 12.5. The Kier molecular flexibility index (Phi) is 9.72. The fourth-order valence-corrected chi connectivity index (χ4v) is 4.83. The summed E-state index contributed by atoms with van der Waals surface area (Å²) in [6.45, 7) is 4.38. The van der Waals surface area contributed by atoms with Crippen LogP contribution in [0.15, 0.2) is 16.9 Å². The monoisotopic (exact) mass is 479 g/mol. The van der Waals surface area contributed by atoms with Crippen molar-refractivity contribution in [1.29, 1.82) is 0 Å². The Bertz CT molecular complexity index is 1060. The molecule has 1 unspecified atom stereocenters. The van der Waals surface area contributed by atoms with E-state index in [1.165, 1.54) is 38.5 Å². The van der Waals surface area contributed by atoms with E-state index < -0.39 is 11.6 Å². The first-order chi connectivity index (χ1) is 16.0. The third-order valence-corrected chi connectivity index (χ3v) is 6.85. The molecular weight excluding hydrogens is 444 g/mol. The fourth-order valence-electron chi connectivity index (χ4n) is 4.61. The average Bonchev–Trinajstić information content (AvgIpc) is 3.03. The van der Waals surface area contributed by atoms with E-state index in [0.717, 1.165) is 57.1 Å². The Hall–Kier alpha value is -1.95. The number of fused-ring (bicyclic) bond motifs is 2. The molecule has 2 aliphatic rings. The van der Waals surface area contributed by atoms with Crippen molar-refractivity contribution < 1.29 is 8.78 Å². The summed E-state index contributed by atoms with van der Waals surface area (Å²) in [5.41, 5.74) is 0.687. The molecule has 1 N–H and O–H groups in total. The molecule has 0 amide bonds. The summed E-state index contributed by atoms with van der Waals surface area (Å²) in [6.07, 6.45) is 14.8. The van der Waals surface area contributed by atoms with Crippen LogP contribution in [0.3, 0.4) is 0 Å². The van der Waals surface area contributed by atoms with Crippen LogP contribution in [0.5, 0.6) is 0 Å². The van der Waals surface area contributed by atoms with Gasteiger partial charge in [-0.3, -0.25) is 9.36 Å². The first kappa shape index (κ1) is 25.7. The van der Waals surface area contributed by atoms with E-state index in [-0.39, 0.29) is 22.1 Å². The third kappa shape index (κ3) is 6.34. The maximum Gasteiger partial charge on any atom is 0.273 e. The maximum atomic E-state index is 13.8. The van der Waals surface area contributed by atoms with Crippen molar-refractivity contribution in [2.24, 2.45) is 0 Å². The third-order valence-electron chi connectivity index (χ3n) is 6.50. The topological polar surface area (TPSA) is 50.7 Å². The Balaban J connectivity index is 1.82. The zero-order chi connectivity index (χ0) is 23.8. The van der Waals surface area contributed by atoms with E-state index in [2.05, 4.69) is 23.8 Å². The van der Waals surface area contributed by atoms with Crippen LogP contribution in [-0.2, 0) is 0 Å². The van der Waals surface area contributed by atoms with Crippen LogP contribution in [0.2, 0.25) is 5.02 Å². The number of benzene rings is 1. The molecule has 0 fully saturated rings. The largest absolute Gasteiger partial charge is 0.349 e. The highest BCUT2D eigenvalue weighted by molar-refractivity contribution is 6.33. The van der Waals surface area contributed by atoms with Crippen molar-refractivity contribution in [3.05, 3.63) is 39.1 Å². The molecule has 0 saturated carbocycles. The van der Waals surface area contributed by atoms with Crippen molar-refractivity contribution >= 4 is 22.6 Å². The smallest absolute Gasteiger partial charge is 0.273 e. The van der Waals surface area contributed by atoms with Gasteiger partial charge in [-0.15, -0.1) is 0 Å². The van der Waals surface area contributed by atoms with Crippen molar-refractivity contribution in [3.63, 3.8) is 0 Å². The molecule has 0 spiro atoms. The minimum Gasteiger partial charge on any atom is -0.349 e. The van der Waals surface area contributed by atoms with Crippen LogP contribution in [0, 0.1) is 11.6 Å². The Morgan fingerprint density at radius 1 is 0.909 bits per heavy atom. The quantitative estimate of drug-likeness (QED) is 0.236. The molecule has 1 aromatic rings. The van der Waals surface area contributed by atoms with Gasteiger partial charge in [-0.1, -0.05) is 96.1 Å². The lowest BCUT2D eigenvalue weighted by Crippen LogP contribution is -2.22. The van der Waals surface area contributed by atoms with Gasteiger partial charge in [0.15, 0.2) is 17.5 Å². The van der Waals surface area contributed by atoms with Crippen LogP contribution >= 0.6 is 11.6 Å². The van der Waals surface area contributed by atoms with E-state index in [0.29, 0.717) is 17.0 Å². The first-order valence-corrected chi connectivity index (χ1v) is 12.9. The minimum atomic E-state index is -0.968. The highest BCUT2D eigenvalue weighted by atomic mass is 35.5. The number of hydrogen-bond donors (Lipinski definition) is 1. The summed E-state index contributed by atoms with van der Waals surface area (Å²) < 4.78 is 29.2. The molecule has 0 aromatic heterocycles. The van der Waals surface area contributed by atoms with Crippen molar-refractivity contribution in [2.75, 3.05) is 0 Å². The number of H-pyrrole nitrogens is 1. The zero-order valence-electron chi connectivity index (χ0n) is 19.9. The highest BCUT2D eigenvalue weighted by Gasteiger charge is 2.27. The number of unbranched alkanes of at least 4 members (excludes halogenated alkanes) is 9. The van der Waals surface area contributed by atoms with Crippen LogP contribution in [-0.4, -0.2) is 14.5 Å². The van der Waals surface area contributed by atoms with Gasteiger partial charge >= 0.3 is 0 Å². The van der Waals surface area contributed by atoms with Crippen LogP contribution < -0.4 is 5.56 Å². The lowest BCUT2D eigenvalue weighted by Gasteiger charge is -2.20. The van der Waals surface area contributed by atoms with Gasteiger partial charge in [0.1, 0.15) is 10.7 Å². The minimum absolute atomic E-state index is 0.0113. The predicted octanol–water partition coefficient (Wildman–Crippen LogP) is 8.41. The van der Waals surface area contributed by atoms with Gasteiger partial charge in [-0.05, 0) is 12.8 Å². The number of halogens is 3. The van der Waals surface area contributed by atoms with Crippen LogP contribution in [0.4, 0.5) is 8.78 Å². The van der Waals surface area contributed by atoms with E-state index in [1.807, 2.05) is 0 Å². The number of nitrogens with zero attached hydrogens (tertiary/aromatic N) is 2. The SMILES string of the molecule is CCCCCCCCCCC(CCCCC)n1c2nc3cc(F)c(F)cc3[nH]c-2c(Cl)c1=O. The number of nitrogens with one attached hydrogen (secondary N) is 1. The van der Waals surface area contributed by atoms with Crippen LogP contribution in [0.25, 0.3) is 22.6 Å². The molecule has 1 atom stereocenters. The summed E-state index contributed by atoms with van der Waals surface area (Å²) in [5.74, 6) is -1.51. The molecule has 0 saturated heterocycles. The molecular formula is C26H36ClF2N3O. The second-order valence-electron chi connectivity index (χ2n) is 9.12. The number of aromatic nitrogens is 3. The molecule has 4 nitrogen and oxygen atoms in total. The molecule has 3 rings (SSSR count). The standard InChI is InChI=1S/C26H36ClF2N3O/c1-3-5-7-8-9-10-11-13-15-18(14-12-6-4-2)32-25-24(23(27)26(32)33)30-21-16-19(28)20(29)17-22(21)31-25/h16-18,30H,3-15H2,1-2H3. The molecule has 182 valence electrons. The Morgan fingerprint density at radius 3 is 2.12 bits per heavy atom. The van der Waals surface area contributed by atoms with Crippen molar-refractivity contribution in [3.8, 4) is 11.5 Å². The predicted molar refractivity (Wildman–Crippen MR) is 132 cm³/mol. The number of hydrogen-bond acceptors (Lipinski definition) is 2. The fraction of sp³-hybridized carbons (Fsp3) is 0.615. The second-order valence-corrected chi connectivity index (χ2v) is 9.50. The van der Waals surface area contributed by atoms with Gasteiger partial charge in [-0.2, -0.15) is 0 Å².